The first-order valence-corrected chi connectivity index (χ1v) is 5.60. The molecule has 1 fully saturated rings. The summed E-state index contributed by atoms with van der Waals surface area (Å²) in [5, 5.41) is 0. The number of nitrogens with two attached hydrogens (primary N) is 1. The van der Waals surface area contributed by atoms with E-state index in [1.165, 1.54) is 0 Å². The number of piperazine rings is 1. The van der Waals surface area contributed by atoms with Crippen molar-refractivity contribution in [2.24, 2.45) is 5.73 Å². The summed E-state index contributed by atoms with van der Waals surface area (Å²) in [5.74, 6) is 0.188. The maximum atomic E-state index is 11.2. The van der Waals surface area contributed by atoms with Gasteiger partial charge in [0.15, 0.2) is 0 Å². The van der Waals surface area contributed by atoms with Crippen LogP contribution in [-0.2, 0) is 4.79 Å². The maximum absolute atomic E-state index is 11.2. The highest BCUT2D eigenvalue weighted by Gasteiger charge is 2.33. The molecule has 0 aromatic rings. The normalized spacial score (nSPS) is 19.0. The first-order chi connectivity index (χ1) is 6.72. The molecule has 0 unspecified atom stereocenters. The molecule has 1 rings (SSSR count). The Balaban J connectivity index is 0. The summed E-state index contributed by atoms with van der Waals surface area (Å²) in [6.45, 7) is 10.5. The minimum atomic E-state index is -0.132. The summed E-state index contributed by atoms with van der Waals surface area (Å²) in [4.78, 5) is 13.1. The van der Waals surface area contributed by atoms with E-state index in [1.807, 2.05) is 4.90 Å². The van der Waals surface area contributed by atoms with Gasteiger partial charge in [0.25, 0.3) is 0 Å². The van der Waals surface area contributed by atoms with Crippen molar-refractivity contribution in [2.45, 2.75) is 26.3 Å². The molecule has 1 aliphatic rings. The average molecular weight is 286 g/mol. The molecule has 1 heterocycles. The number of carbonyl (C=O) groups is 1. The van der Waals surface area contributed by atoms with E-state index in [0.29, 0.717) is 0 Å². The molecule has 0 saturated carbocycles. The van der Waals surface area contributed by atoms with E-state index in [0.717, 1.165) is 37.2 Å². The minimum absolute atomic E-state index is 0. The van der Waals surface area contributed by atoms with Crippen molar-refractivity contribution in [3.63, 3.8) is 0 Å². The van der Waals surface area contributed by atoms with Crippen LogP contribution in [0.25, 0.3) is 0 Å². The van der Waals surface area contributed by atoms with Gasteiger partial charge in [-0.2, -0.15) is 0 Å². The van der Waals surface area contributed by atoms with Crippen LogP contribution in [0.2, 0.25) is 0 Å². The van der Waals surface area contributed by atoms with Gasteiger partial charge in [-0.25, -0.2) is 0 Å². The molecule has 0 spiro atoms. The maximum Gasteiger partial charge on any atom is 0.219 e. The largest absolute Gasteiger partial charge is 1.00 e. The summed E-state index contributed by atoms with van der Waals surface area (Å²) >= 11 is 0. The molecule has 104 valence electrons. The fourth-order valence-electron chi connectivity index (χ4n) is 2.40. The molecule has 0 aromatic heterocycles. The Hall–Kier alpha value is -0.0300. The van der Waals surface area contributed by atoms with E-state index in [1.54, 1.807) is 6.92 Å². The fourth-order valence-corrected chi connectivity index (χ4v) is 2.40. The van der Waals surface area contributed by atoms with Gasteiger partial charge in [0, 0.05) is 6.92 Å². The van der Waals surface area contributed by atoms with Crippen molar-refractivity contribution in [1.82, 2.24) is 4.90 Å². The highest BCUT2D eigenvalue weighted by Crippen LogP contribution is 2.14. The quantitative estimate of drug-likeness (QED) is 0.569. The summed E-state index contributed by atoms with van der Waals surface area (Å²) in [6.07, 6.45) is 0. The number of likely N-dealkylation sites (N-methyl/N-ethyl adjacent to an activating group) is 1. The zero-order chi connectivity index (χ0) is 11.7. The van der Waals surface area contributed by atoms with Gasteiger partial charge in [-0.1, -0.05) is 0 Å². The molecule has 17 heavy (non-hydrogen) atoms. The number of nitrogens with zero attached hydrogens (tertiary/aromatic N) is 2. The van der Waals surface area contributed by atoms with Crippen LogP contribution in [0, 0.1) is 0 Å². The molecule has 0 atom stereocenters. The van der Waals surface area contributed by atoms with Gasteiger partial charge < -0.3 is 27.5 Å². The van der Waals surface area contributed by atoms with Gasteiger partial charge >= 0.3 is 0 Å². The third kappa shape index (κ3) is 6.46. The van der Waals surface area contributed by atoms with E-state index in [9.17, 15) is 4.79 Å². The Kier molecular flexibility index (Phi) is 7.71. The van der Waals surface area contributed by atoms with E-state index < -0.39 is 0 Å². The molecule has 0 aliphatic carbocycles. The Morgan fingerprint density at radius 3 is 2.06 bits per heavy atom. The zero-order valence-corrected chi connectivity index (χ0v) is 12.8. The van der Waals surface area contributed by atoms with Crippen LogP contribution in [0.3, 0.4) is 0 Å². The number of hydrogen-bond donors (Lipinski definition) is 1. The summed E-state index contributed by atoms with van der Waals surface area (Å²) in [5.41, 5.74) is 5.92. The molecule has 4 nitrogen and oxygen atoms in total. The lowest BCUT2D eigenvalue weighted by molar-refractivity contribution is -0.916. The lowest BCUT2D eigenvalue weighted by Gasteiger charge is -2.44. The van der Waals surface area contributed by atoms with Crippen molar-refractivity contribution in [1.29, 1.82) is 0 Å². The third-order valence-corrected chi connectivity index (χ3v) is 3.05. The van der Waals surface area contributed by atoms with Gasteiger partial charge in [-0.3, -0.25) is 4.79 Å². The molecule has 1 amide bonds. The van der Waals surface area contributed by atoms with Crippen LogP contribution in [0.1, 0.15) is 20.8 Å². The Bertz CT molecular complexity index is 246. The minimum Gasteiger partial charge on any atom is -1.00 e. The van der Waals surface area contributed by atoms with E-state index in [2.05, 4.69) is 20.9 Å². The Morgan fingerprint density at radius 1 is 1.35 bits per heavy atom. The SMILES string of the molecule is CC(=O)N1CC[N+](C)(CC(C)(C)N)CC1.Cl.[Cl-]. The van der Waals surface area contributed by atoms with Crippen LogP contribution in [-0.4, -0.2) is 60.6 Å². The smallest absolute Gasteiger partial charge is 0.219 e. The van der Waals surface area contributed by atoms with Crippen LogP contribution < -0.4 is 18.1 Å². The molecule has 6 heteroatoms. The van der Waals surface area contributed by atoms with E-state index >= 15 is 0 Å². The van der Waals surface area contributed by atoms with Crippen molar-refractivity contribution in [3.8, 4) is 0 Å². The second kappa shape index (κ2) is 6.78. The topological polar surface area (TPSA) is 46.3 Å². The summed E-state index contributed by atoms with van der Waals surface area (Å²) in [6, 6.07) is 0. The molecule has 1 saturated heterocycles. The van der Waals surface area contributed by atoms with Crippen molar-refractivity contribution in [3.05, 3.63) is 0 Å². The third-order valence-electron chi connectivity index (χ3n) is 3.05. The molecule has 0 bridgehead atoms. The number of halogens is 2. The first kappa shape index (κ1) is 19.3. The van der Waals surface area contributed by atoms with E-state index in [4.69, 9.17) is 5.73 Å². The second-order valence-electron chi connectivity index (χ2n) is 5.72. The Morgan fingerprint density at radius 2 is 1.76 bits per heavy atom. The number of amides is 1. The monoisotopic (exact) mass is 285 g/mol. The van der Waals surface area contributed by atoms with Gasteiger partial charge in [0.2, 0.25) is 5.91 Å². The fraction of sp³-hybridized carbons (Fsp3) is 0.909. The predicted octanol–water partition coefficient (Wildman–Crippen LogP) is -2.54. The zero-order valence-electron chi connectivity index (χ0n) is 11.2. The van der Waals surface area contributed by atoms with Crippen LogP contribution in [0.15, 0.2) is 0 Å². The molecular formula is C11H25Cl2N3O. The number of quaternary nitrogens is 1. The molecule has 0 aromatic carbocycles. The highest BCUT2D eigenvalue weighted by molar-refractivity contribution is 5.85. The van der Waals surface area contributed by atoms with Crippen molar-refractivity contribution >= 4 is 18.3 Å². The number of hydrogen-bond acceptors (Lipinski definition) is 2. The van der Waals surface area contributed by atoms with Crippen molar-refractivity contribution in [2.75, 3.05) is 39.8 Å². The van der Waals surface area contributed by atoms with Gasteiger partial charge in [-0.15, -0.1) is 12.4 Å². The summed E-state index contributed by atoms with van der Waals surface area (Å²) in [7, 11) is 2.23. The standard InChI is InChI=1S/C11H24N3O.2ClH/c1-10(15)13-5-7-14(4,8-6-13)9-11(2,3)12;;/h5-9,12H2,1-4H3;2*1H/q+1;;/p-1. The Labute approximate surface area is 117 Å². The summed E-state index contributed by atoms with van der Waals surface area (Å²) < 4.78 is 0.979. The van der Waals surface area contributed by atoms with Gasteiger partial charge in [-0.05, 0) is 13.8 Å². The lowest BCUT2D eigenvalue weighted by atomic mass is 10.0. The molecule has 2 N–H and O–H groups in total. The lowest BCUT2D eigenvalue weighted by Crippen LogP contribution is -3.00. The van der Waals surface area contributed by atoms with Gasteiger partial charge in [0.05, 0.1) is 45.3 Å². The van der Waals surface area contributed by atoms with E-state index in [-0.39, 0.29) is 36.3 Å². The predicted molar refractivity (Wildman–Crippen MR) is 68.6 cm³/mol. The molecule has 1 aliphatic heterocycles. The highest BCUT2D eigenvalue weighted by atomic mass is 35.5. The first-order valence-electron chi connectivity index (χ1n) is 5.60. The second-order valence-corrected chi connectivity index (χ2v) is 5.72. The van der Waals surface area contributed by atoms with Crippen molar-refractivity contribution < 1.29 is 21.7 Å². The number of carbonyl (C=O) groups excluding carboxylic acids is 1. The van der Waals surface area contributed by atoms with Crippen LogP contribution in [0.5, 0.6) is 0 Å². The van der Waals surface area contributed by atoms with Gasteiger partial charge in [0.1, 0.15) is 0 Å². The van der Waals surface area contributed by atoms with Crippen LogP contribution in [0.4, 0.5) is 0 Å². The van der Waals surface area contributed by atoms with Crippen LogP contribution >= 0.6 is 12.4 Å². The average Bonchev–Trinajstić information content (AvgIpc) is 2.00. The molecular weight excluding hydrogens is 261 g/mol. The number of rotatable bonds is 2. The molecule has 0 radical (unpaired) electrons.